The zero-order valence-corrected chi connectivity index (χ0v) is 15.4. The second-order valence-corrected chi connectivity index (χ2v) is 5.88. The fraction of sp³-hybridized carbons (Fsp3) is 0.333. The number of carbonyl (C=O) groups is 2. The maximum absolute atomic E-state index is 12.6. The molecule has 0 fully saturated rings. The van der Waals surface area contributed by atoms with Crippen LogP contribution in [0, 0.1) is 12.8 Å². The molecule has 2 rings (SSSR count). The van der Waals surface area contributed by atoms with Crippen LogP contribution in [-0.2, 0) is 19.1 Å². The van der Waals surface area contributed by atoms with E-state index >= 15 is 0 Å². The molecule has 26 heavy (non-hydrogen) atoms. The van der Waals surface area contributed by atoms with Gasteiger partial charge in [-0.05, 0) is 44.0 Å². The van der Waals surface area contributed by atoms with Crippen LogP contribution in [0.2, 0.25) is 0 Å². The van der Waals surface area contributed by atoms with Gasteiger partial charge in [-0.15, -0.1) is 0 Å². The molecule has 1 N–H and O–H groups in total. The lowest BCUT2D eigenvalue weighted by Crippen LogP contribution is -2.36. The van der Waals surface area contributed by atoms with E-state index in [0.29, 0.717) is 0 Å². The molecule has 2 aromatic rings. The number of rotatable bonds is 8. The Labute approximate surface area is 154 Å². The molecular weight excluding hydrogens is 330 g/mol. The summed E-state index contributed by atoms with van der Waals surface area (Å²) in [7, 11) is 0. The van der Waals surface area contributed by atoms with E-state index in [1.807, 2.05) is 61.5 Å². The number of benzene rings is 2. The Hall–Kier alpha value is -2.82. The van der Waals surface area contributed by atoms with E-state index in [2.05, 4.69) is 5.32 Å². The molecule has 5 heteroatoms. The van der Waals surface area contributed by atoms with Crippen LogP contribution >= 0.6 is 0 Å². The summed E-state index contributed by atoms with van der Waals surface area (Å²) in [4.78, 5) is 25.1. The molecule has 0 spiro atoms. The lowest BCUT2D eigenvalue weighted by atomic mass is 9.92. The average Bonchev–Trinajstić information content (AvgIpc) is 2.62. The van der Waals surface area contributed by atoms with Gasteiger partial charge < -0.3 is 14.8 Å². The van der Waals surface area contributed by atoms with Crippen LogP contribution in [0.3, 0.4) is 0 Å². The quantitative estimate of drug-likeness (QED) is 0.575. The first kappa shape index (κ1) is 19.5. The standard InChI is InChI=1S/C21H25NO4/c1-4-25-20(23)18(21(24)26-5-2)19(16-11-7-6-8-12-16)22-17-13-9-10-15(3)14-17/h6-14,18-19,22H,4-5H2,1-3H3/t19-/m1/s1. The van der Waals surface area contributed by atoms with Crippen molar-refractivity contribution in [2.24, 2.45) is 5.92 Å². The number of hydrogen-bond acceptors (Lipinski definition) is 5. The van der Waals surface area contributed by atoms with Crippen molar-refractivity contribution < 1.29 is 19.1 Å². The molecular formula is C21H25NO4. The van der Waals surface area contributed by atoms with Gasteiger partial charge in [0.2, 0.25) is 0 Å². The van der Waals surface area contributed by atoms with Crippen LogP contribution in [0.25, 0.3) is 0 Å². The minimum Gasteiger partial charge on any atom is -0.465 e. The van der Waals surface area contributed by atoms with Crippen molar-refractivity contribution in [2.75, 3.05) is 18.5 Å². The monoisotopic (exact) mass is 355 g/mol. The van der Waals surface area contributed by atoms with E-state index in [1.54, 1.807) is 13.8 Å². The zero-order valence-electron chi connectivity index (χ0n) is 15.4. The zero-order chi connectivity index (χ0) is 18.9. The van der Waals surface area contributed by atoms with Crippen molar-refractivity contribution in [3.8, 4) is 0 Å². The van der Waals surface area contributed by atoms with Gasteiger partial charge >= 0.3 is 11.9 Å². The third-order valence-corrected chi connectivity index (χ3v) is 3.91. The summed E-state index contributed by atoms with van der Waals surface area (Å²) >= 11 is 0. The molecule has 2 aromatic carbocycles. The second kappa shape index (κ2) is 9.61. The Balaban J connectivity index is 2.44. The van der Waals surface area contributed by atoms with Gasteiger partial charge in [0.1, 0.15) is 0 Å². The summed E-state index contributed by atoms with van der Waals surface area (Å²) < 4.78 is 10.3. The fourth-order valence-corrected chi connectivity index (χ4v) is 2.77. The number of nitrogens with one attached hydrogen (secondary N) is 1. The summed E-state index contributed by atoms with van der Waals surface area (Å²) in [6, 6.07) is 16.5. The van der Waals surface area contributed by atoms with Crippen LogP contribution < -0.4 is 5.32 Å². The number of hydrogen-bond donors (Lipinski definition) is 1. The minimum atomic E-state index is -1.10. The van der Waals surface area contributed by atoms with Crippen molar-refractivity contribution >= 4 is 17.6 Å². The van der Waals surface area contributed by atoms with E-state index in [4.69, 9.17) is 9.47 Å². The summed E-state index contributed by atoms with van der Waals surface area (Å²) in [5, 5.41) is 3.31. The van der Waals surface area contributed by atoms with Gasteiger partial charge in [-0.25, -0.2) is 0 Å². The molecule has 138 valence electrons. The molecule has 0 aliphatic heterocycles. The molecule has 0 amide bonds. The number of aryl methyl sites for hydroxylation is 1. The third kappa shape index (κ3) is 5.09. The predicted molar refractivity (Wildman–Crippen MR) is 101 cm³/mol. The molecule has 0 heterocycles. The van der Waals surface area contributed by atoms with Gasteiger partial charge in [0.25, 0.3) is 0 Å². The molecule has 0 radical (unpaired) electrons. The first-order valence-electron chi connectivity index (χ1n) is 8.78. The first-order valence-corrected chi connectivity index (χ1v) is 8.78. The number of ether oxygens (including phenoxy) is 2. The van der Waals surface area contributed by atoms with Crippen molar-refractivity contribution in [1.82, 2.24) is 0 Å². The largest absolute Gasteiger partial charge is 0.465 e. The van der Waals surface area contributed by atoms with Gasteiger partial charge in [-0.3, -0.25) is 9.59 Å². The lowest BCUT2D eigenvalue weighted by molar-refractivity contribution is -0.162. The summed E-state index contributed by atoms with van der Waals surface area (Å²) in [6.07, 6.45) is 0. The van der Waals surface area contributed by atoms with Crippen molar-refractivity contribution in [3.05, 3.63) is 65.7 Å². The average molecular weight is 355 g/mol. The van der Waals surface area contributed by atoms with Crippen LogP contribution in [0.1, 0.15) is 31.0 Å². The Bertz CT molecular complexity index is 712. The molecule has 0 aromatic heterocycles. The van der Waals surface area contributed by atoms with Gasteiger partial charge in [0.15, 0.2) is 5.92 Å². The summed E-state index contributed by atoms with van der Waals surface area (Å²) in [6.45, 7) is 5.80. The topological polar surface area (TPSA) is 64.6 Å². The normalized spacial score (nSPS) is 11.7. The van der Waals surface area contributed by atoms with Crippen molar-refractivity contribution in [2.45, 2.75) is 26.8 Å². The van der Waals surface area contributed by atoms with Crippen molar-refractivity contribution in [1.29, 1.82) is 0 Å². The second-order valence-electron chi connectivity index (χ2n) is 5.88. The summed E-state index contributed by atoms with van der Waals surface area (Å²) in [5.74, 6) is -2.29. The SMILES string of the molecule is CCOC(=O)C(C(=O)OCC)[C@H](Nc1cccc(C)c1)c1ccccc1. The van der Waals surface area contributed by atoms with Gasteiger partial charge in [0, 0.05) is 5.69 Å². The highest BCUT2D eigenvalue weighted by molar-refractivity contribution is 5.96. The molecule has 0 aliphatic carbocycles. The molecule has 0 saturated heterocycles. The Morgan fingerprint density at radius 2 is 1.54 bits per heavy atom. The van der Waals surface area contributed by atoms with Crippen LogP contribution in [0.15, 0.2) is 54.6 Å². The van der Waals surface area contributed by atoms with Crippen LogP contribution in [0.5, 0.6) is 0 Å². The van der Waals surface area contributed by atoms with Gasteiger partial charge in [-0.2, -0.15) is 0 Å². The van der Waals surface area contributed by atoms with E-state index in [9.17, 15) is 9.59 Å². The maximum Gasteiger partial charge on any atom is 0.322 e. The number of esters is 2. The molecule has 1 atom stereocenters. The molecule has 0 aliphatic rings. The van der Waals surface area contributed by atoms with Crippen molar-refractivity contribution in [3.63, 3.8) is 0 Å². The molecule has 0 bridgehead atoms. The van der Waals surface area contributed by atoms with E-state index in [0.717, 1.165) is 16.8 Å². The Morgan fingerprint density at radius 1 is 0.923 bits per heavy atom. The minimum absolute atomic E-state index is 0.195. The Kier molecular flexibility index (Phi) is 7.21. The van der Waals surface area contributed by atoms with Crippen LogP contribution in [0.4, 0.5) is 5.69 Å². The fourth-order valence-electron chi connectivity index (χ4n) is 2.77. The molecule has 0 saturated carbocycles. The predicted octanol–water partition coefficient (Wildman–Crippen LogP) is 3.89. The highest BCUT2D eigenvalue weighted by atomic mass is 16.6. The number of anilines is 1. The van der Waals surface area contributed by atoms with E-state index in [-0.39, 0.29) is 13.2 Å². The third-order valence-electron chi connectivity index (χ3n) is 3.91. The Morgan fingerprint density at radius 3 is 2.08 bits per heavy atom. The van der Waals surface area contributed by atoms with Crippen LogP contribution in [-0.4, -0.2) is 25.2 Å². The molecule has 0 unspecified atom stereocenters. The maximum atomic E-state index is 12.6. The lowest BCUT2D eigenvalue weighted by Gasteiger charge is -2.26. The highest BCUT2D eigenvalue weighted by Gasteiger charge is 2.38. The van der Waals surface area contributed by atoms with E-state index in [1.165, 1.54) is 0 Å². The highest BCUT2D eigenvalue weighted by Crippen LogP contribution is 2.29. The first-order chi connectivity index (χ1) is 12.6. The smallest absolute Gasteiger partial charge is 0.322 e. The van der Waals surface area contributed by atoms with E-state index < -0.39 is 23.9 Å². The van der Waals surface area contributed by atoms with Gasteiger partial charge in [-0.1, -0.05) is 42.5 Å². The summed E-state index contributed by atoms with van der Waals surface area (Å²) in [5.41, 5.74) is 2.70. The number of carbonyl (C=O) groups excluding carboxylic acids is 2. The van der Waals surface area contributed by atoms with Gasteiger partial charge in [0.05, 0.1) is 19.3 Å². The molecule has 5 nitrogen and oxygen atoms in total.